The van der Waals surface area contributed by atoms with Crippen molar-refractivity contribution in [3.05, 3.63) is 71.9 Å². The lowest BCUT2D eigenvalue weighted by molar-refractivity contribution is -0.143. The summed E-state index contributed by atoms with van der Waals surface area (Å²) in [6.07, 6.45) is 1.60. The van der Waals surface area contributed by atoms with Gasteiger partial charge < -0.3 is 15.2 Å². The molecule has 3 aromatic rings. The molecule has 1 atom stereocenters. The minimum Gasteiger partial charge on any atom is -0.467 e. The highest BCUT2D eigenvalue weighted by atomic mass is 16.5. The fraction of sp³-hybridized carbons (Fsp3) is 0.190. The number of aryl methyl sites for hydroxylation is 1. The van der Waals surface area contributed by atoms with Crippen LogP contribution in [0.25, 0.3) is 16.9 Å². The van der Waals surface area contributed by atoms with E-state index in [0.717, 1.165) is 16.8 Å². The molecule has 0 saturated heterocycles. The number of carbonyl (C=O) groups excluding carboxylic acids is 2. The Morgan fingerprint density at radius 1 is 1.14 bits per heavy atom. The van der Waals surface area contributed by atoms with Crippen molar-refractivity contribution < 1.29 is 19.4 Å². The second-order valence-electron chi connectivity index (χ2n) is 6.27. The fourth-order valence-electron chi connectivity index (χ4n) is 2.74. The maximum absolute atomic E-state index is 12.9. The van der Waals surface area contributed by atoms with Crippen LogP contribution in [0.2, 0.25) is 0 Å². The Kier molecular flexibility index (Phi) is 5.86. The molecule has 1 aromatic heterocycles. The van der Waals surface area contributed by atoms with Gasteiger partial charge in [0, 0.05) is 11.8 Å². The van der Waals surface area contributed by atoms with Gasteiger partial charge in [0.15, 0.2) is 6.04 Å². The zero-order valence-electron chi connectivity index (χ0n) is 15.6. The molecule has 3 rings (SSSR count). The molecule has 0 bridgehead atoms. The molecule has 2 N–H and O–H groups in total. The Morgan fingerprint density at radius 2 is 1.82 bits per heavy atom. The van der Waals surface area contributed by atoms with Crippen molar-refractivity contribution >= 4 is 11.9 Å². The number of carbonyl (C=O) groups is 2. The van der Waals surface area contributed by atoms with Crippen LogP contribution < -0.4 is 5.32 Å². The lowest BCUT2D eigenvalue weighted by atomic mass is 10.1. The number of ether oxygens (including phenoxy) is 1. The normalized spacial score (nSPS) is 11.7. The second kappa shape index (κ2) is 8.49. The summed E-state index contributed by atoms with van der Waals surface area (Å²) in [5, 5.41) is 16.5. The number of para-hydroxylation sites is 1. The number of rotatable bonds is 6. The topological polar surface area (TPSA) is 93.5 Å². The zero-order chi connectivity index (χ0) is 20.1. The van der Waals surface area contributed by atoms with Gasteiger partial charge in [0.05, 0.1) is 25.0 Å². The quantitative estimate of drug-likeness (QED) is 0.640. The highest BCUT2D eigenvalue weighted by Gasteiger charge is 2.25. The number of aromatic nitrogens is 2. The molecule has 1 amide bonds. The van der Waals surface area contributed by atoms with Crippen molar-refractivity contribution in [1.82, 2.24) is 15.1 Å². The van der Waals surface area contributed by atoms with Crippen LogP contribution in [0, 0.1) is 6.92 Å². The van der Waals surface area contributed by atoms with Gasteiger partial charge >= 0.3 is 5.97 Å². The van der Waals surface area contributed by atoms with Gasteiger partial charge in [-0.1, -0.05) is 48.0 Å². The van der Waals surface area contributed by atoms with Gasteiger partial charge in [0.2, 0.25) is 0 Å². The molecular weight excluding hydrogens is 358 g/mol. The number of hydrogen-bond acceptors (Lipinski definition) is 5. The minimum atomic E-state index is -1.15. The third-order valence-electron chi connectivity index (χ3n) is 4.28. The molecule has 0 saturated carbocycles. The lowest BCUT2D eigenvalue weighted by Gasteiger charge is -2.13. The molecule has 144 valence electrons. The molecule has 2 aromatic carbocycles. The SMILES string of the molecule is COC(=O)[C@@H](CO)NC(=O)c1cn(-c2ccccc2)nc1-c1ccc(C)cc1. The number of aliphatic hydroxyl groups excluding tert-OH is 1. The van der Waals surface area contributed by atoms with Gasteiger partial charge in [-0.2, -0.15) is 5.10 Å². The Balaban J connectivity index is 2.02. The molecule has 0 aliphatic heterocycles. The number of amides is 1. The van der Waals surface area contributed by atoms with E-state index in [2.05, 4.69) is 15.2 Å². The van der Waals surface area contributed by atoms with Crippen LogP contribution in [-0.4, -0.2) is 46.5 Å². The van der Waals surface area contributed by atoms with E-state index in [1.165, 1.54) is 7.11 Å². The molecule has 28 heavy (non-hydrogen) atoms. The summed E-state index contributed by atoms with van der Waals surface area (Å²) >= 11 is 0. The molecule has 0 unspecified atom stereocenters. The van der Waals surface area contributed by atoms with Crippen molar-refractivity contribution in [2.45, 2.75) is 13.0 Å². The lowest BCUT2D eigenvalue weighted by Crippen LogP contribution is -2.44. The van der Waals surface area contributed by atoms with Crippen LogP contribution in [-0.2, 0) is 9.53 Å². The largest absolute Gasteiger partial charge is 0.467 e. The summed E-state index contributed by atoms with van der Waals surface area (Å²) in [5.41, 5.74) is 3.41. The second-order valence-corrected chi connectivity index (χ2v) is 6.27. The smallest absolute Gasteiger partial charge is 0.330 e. The molecule has 0 fully saturated rings. The predicted octanol–water partition coefficient (Wildman–Crippen LogP) is 2.11. The first kappa shape index (κ1) is 19.3. The average Bonchev–Trinajstić information content (AvgIpc) is 3.18. The van der Waals surface area contributed by atoms with E-state index in [0.29, 0.717) is 5.69 Å². The van der Waals surface area contributed by atoms with Gasteiger partial charge in [0.25, 0.3) is 5.91 Å². The van der Waals surface area contributed by atoms with E-state index in [-0.39, 0.29) is 5.56 Å². The Hall–Kier alpha value is -3.45. The first-order valence-electron chi connectivity index (χ1n) is 8.75. The number of aliphatic hydroxyl groups is 1. The molecular formula is C21H21N3O4. The summed E-state index contributed by atoms with van der Waals surface area (Å²) in [4.78, 5) is 24.6. The Morgan fingerprint density at radius 3 is 2.43 bits per heavy atom. The molecule has 1 heterocycles. The van der Waals surface area contributed by atoms with Crippen LogP contribution in [0.4, 0.5) is 0 Å². The Bertz CT molecular complexity index is 965. The van der Waals surface area contributed by atoms with Crippen LogP contribution in [0.5, 0.6) is 0 Å². The van der Waals surface area contributed by atoms with Gasteiger partial charge in [-0.25, -0.2) is 9.48 Å². The van der Waals surface area contributed by atoms with Crippen LogP contribution in [0.15, 0.2) is 60.8 Å². The van der Waals surface area contributed by atoms with Crippen molar-refractivity contribution in [2.75, 3.05) is 13.7 Å². The number of nitrogens with zero attached hydrogens (tertiary/aromatic N) is 2. The summed E-state index contributed by atoms with van der Waals surface area (Å²) in [5.74, 6) is -1.25. The third-order valence-corrected chi connectivity index (χ3v) is 4.28. The van der Waals surface area contributed by atoms with Gasteiger partial charge in [0.1, 0.15) is 5.69 Å². The summed E-state index contributed by atoms with van der Waals surface area (Å²) in [7, 11) is 1.20. The molecule has 0 radical (unpaired) electrons. The van der Waals surface area contributed by atoms with Crippen molar-refractivity contribution in [2.24, 2.45) is 0 Å². The summed E-state index contributed by atoms with van der Waals surface area (Å²) in [6.45, 7) is 1.41. The first-order valence-corrected chi connectivity index (χ1v) is 8.75. The number of esters is 1. The number of nitrogens with one attached hydrogen (secondary N) is 1. The fourth-order valence-corrected chi connectivity index (χ4v) is 2.74. The van der Waals surface area contributed by atoms with E-state index < -0.39 is 24.5 Å². The monoisotopic (exact) mass is 379 g/mol. The first-order chi connectivity index (χ1) is 13.5. The molecule has 7 nitrogen and oxygen atoms in total. The number of hydrogen-bond donors (Lipinski definition) is 2. The van der Waals surface area contributed by atoms with E-state index in [1.807, 2.05) is 61.5 Å². The zero-order valence-corrected chi connectivity index (χ0v) is 15.6. The average molecular weight is 379 g/mol. The van der Waals surface area contributed by atoms with E-state index in [1.54, 1.807) is 10.9 Å². The van der Waals surface area contributed by atoms with Crippen molar-refractivity contribution in [3.8, 4) is 16.9 Å². The maximum Gasteiger partial charge on any atom is 0.330 e. The number of methoxy groups -OCH3 is 1. The van der Waals surface area contributed by atoms with Crippen LogP contribution in [0.3, 0.4) is 0 Å². The summed E-state index contributed by atoms with van der Waals surface area (Å²) < 4.78 is 6.22. The van der Waals surface area contributed by atoms with Gasteiger partial charge in [-0.05, 0) is 19.1 Å². The van der Waals surface area contributed by atoms with Gasteiger partial charge in [-0.15, -0.1) is 0 Å². The highest BCUT2D eigenvalue weighted by molar-refractivity contribution is 6.01. The van der Waals surface area contributed by atoms with Crippen molar-refractivity contribution in [1.29, 1.82) is 0 Å². The maximum atomic E-state index is 12.9. The van der Waals surface area contributed by atoms with E-state index in [9.17, 15) is 14.7 Å². The van der Waals surface area contributed by atoms with E-state index >= 15 is 0 Å². The van der Waals surface area contributed by atoms with E-state index in [4.69, 9.17) is 0 Å². The predicted molar refractivity (Wildman–Crippen MR) is 104 cm³/mol. The standard InChI is InChI=1S/C21H21N3O4/c1-14-8-10-15(11-9-14)19-17(20(26)22-18(13-25)21(27)28-2)12-24(23-19)16-6-4-3-5-7-16/h3-12,18,25H,13H2,1-2H3,(H,22,26)/t18-/m1/s1. The third kappa shape index (κ3) is 4.10. The van der Waals surface area contributed by atoms with Crippen molar-refractivity contribution in [3.63, 3.8) is 0 Å². The number of benzene rings is 2. The van der Waals surface area contributed by atoms with Crippen LogP contribution in [0.1, 0.15) is 15.9 Å². The molecule has 7 heteroatoms. The molecule has 0 aliphatic carbocycles. The molecule has 0 spiro atoms. The van der Waals surface area contributed by atoms with Crippen LogP contribution >= 0.6 is 0 Å². The van der Waals surface area contributed by atoms with Gasteiger partial charge in [-0.3, -0.25) is 4.79 Å². The Labute approximate surface area is 162 Å². The molecule has 0 aliphatic rings. The summed E-state index contributed by atoms with van der Waals surface area (Å²) in [6, 6.07) is 15.9. The highest BCUT2D eigenvalue weighted by Crippen LogP contribution is 2.24. The minimum absolute atomic E-state index is 0.287.